The van der Waals surface area contributed by atoms with Gasteiger partial charge in [0.25, 0.3) is 5.91 Å². The monoisotopic (exact) mass is 325 g/mol. The van der Waals surface area contributed by atoms with Gasteiger partial charge >= 0.3 is 5.97 Å². The molecule has 5 nitrogen and oxygen atoms in total. The Labute approximate surface area is 140 Å². The van der Waals surface area contributed by atoms with E-state index in [9.17, 15) is 9.59 Å². The number of hydrogen-bond donors (Lipinski definition) is 0. The summed E-state index contributed by atoms with van der Waals surface area (Å²) in [4.78, 5) is 26.3. The average molecular weight is 325 g/mol. The van der Waals surface area contributed by atoms with E-state index in [1.165, 1.54) is 0 Å². The standard InChI is InChI=1S/C19H19NO4/c1-20(12-14-8-4-6-10-16(14)23-2)18(21)17-11-13-7-3-5-9-15(13)19(22)24-17/h3-10,17H,11-12H2,1-2H3. The fourth-order valence-corrected chi connectivity index (χ4v) is 2.88. The van der Waals surface area contributed by atoms with Gasteiger partial charge < -0.3 is 14.4 Å². The Bertz CT molecular complexity index is 771. The van der Waals surface area contributed by atoms with Crippen molar-refractivity contribution in [3.8, 4) is 5.75 Å². The summed E-state index contributed by atoms with van der Waals surface area (Å²) >= 11 is 0. The van der Waals surface area contributed by atoms with Gasteiger partial charge in [-0.05, 0) is 17.7 Å². The first kappa shape index (κ1) is 16.1. The van der Waals surface area contributed by atoms with E-state index in [1.54, 1.807) is 31.2 Å². The molecule has 0 bridgehead atoms. The first-order valence-corrected chi connectivity index (χ1v) is 7.76. The number of para-hydroxylation sites is 1. The van der Waals surface area contributed by atoms with Gasteiger partial charge in [0, 0.05) is 25.6 Å². The summed E-state index contributed by atoms with van der Waals surface area (Å²) in [5, 5.41) is 0. The van der Waals surface area contributed by atoms with Gasteiger partial charge in [0.2, 0.25) is 0 Å². The van der Waals surface area contributed by atoms with Crippen LogP contribution in [0.4, 0.5) is 0 Å². The van der Waals surface area contributed by atoms with Crippen LogP contribution in [0.5, 0.6) is 5.75 Å². The maximum absolute atomic E-state index is 12.7. The number of likely N-dealkylation sites (N-methyl/N-ethyl adjacent to an activating group) is 1. The van der Waals surface area contributed by atoms with Crippen LogP contribution in [0, 0.1) is 0 Å². The third-order valence-corrected chi connectivity index (χ3v) is 4.14. The maximum atomic E-state index is 12.7. The molecule has 2 aromatic carbocycles. The Balaban J connectivity index is 1.74. The van der Waals surface area contributed by atoms with Gasteiger partial charge in [-0.2, -0.15) is 0 Å². The molecule has 0 saturated heterocycles. The highest BCUT2D eigenvalue weighted by molar-refractivity contribution is 5.95. The van der Waals surface area contributed by atoms with Gasteiger partial charge in [-0.25, -0.2) is 4.79 Å². The van der Waals surface area contributed by atoms with E-state index in [1.807, 2.05) is 36.4 Å². The van der Waals surface area contributed by atoms with E-state index >= 15 is 0 Å². The zero-order valence-electron chi connectivity index (χ0n) is 13.7. The molecule has 124 valence electrons. The quantitative estimate of drug-likeness (QED) is 0.810. The Kier molecular flexibility index (Phi) is 4.51. The molecule has 0 N–H and O–H groups in total. The van der Waals surface area contributed by atoms with Crippen LogP contribution in [-0.2, 0) is 22.5 Å². The van der Waals surface area contributed by atoms with E-state index in [-0.39, 0.29) is 5.91 Å². The second-order valence-corrected chi connectivity index (χ2v) is 5.76. The molecule has 0 saturated carbocycles. The van der Waals surface area contributed by atoms with Gasteiger partial charge in [-0.1, -0.05) is 36.4 Å². The number of rotatable bonds is 4. The molecule has 1 aliphatic rings. The third-order valence-electron chi connectivity index (χ3n) is 4.14. The summed E-state index contributed by atoms with van der Waals surface area (Å²) in [7, 11) is 3.30. The van der Waals surface area contributed by atoms with Gasteiger partial charge in [0.15, 0.2) is 6.10 Å². The lowest BCUT2D eigenvalue weighted by Crippen LogP contribution is -2.42. The van der Waals surface area contributed by atoms with Crippen molar-refractivity contribution < 1.29 is 19.1 Å². The van der Waals surface area contributed by atoms with Crippen LogP contribution in [0.25, 0.3) is 0 Å². The minimum absolute atomic E-state index is 0.219. The van der Waals surface area contributed by atoms with Crippen molar-refractivity contribution in [2.45, 2.75) is 19.1 Å². The molecule has 2 aromatic rings. The Morgan fingerprint density at radius 3 is 2.71 bits per heavy atom. The number of hydrogen-bond acceptors (Lipinski definition) is 4. The van der Waals surface area contributed by atoms with E-state index in [0.29, 0.717) is 18.5 Å². The predicted molar refractivity (Wildman–Crippen MR) is 88.8 cm³/mol. The number of carbonyl (C=O) groups is 2. The molecule has 1 unspecified atom stereocenters. The normalized spacial score (nSPS) is 16.1. The number of benzene rings is 2. The predicted octanol–water partition coefficient (Wildman–Crippen LogP) is 2.44. The number of fused-ring (bicyclic) bond motifs is 1. The Morgan fingerprint density at radius 1 is 1.21 bits per heavy atom. The lowest BCUT2D eigenvalue weighted by molar-refractivity contribution is -0.140. The summed E-state index contributed by atoms with van der Waals surface area (Å²) in [6, 6.07) is 14.8. The van der Waals surface area contributed by atoms with Crippen molar-refractivity contribution in [3.63, 3.8) is 0 Å². The molecular formula is C19H19NO4. The molecule has 1 heterocycles. The molecular weight excluding hydrogens is 306 g/mol. The van der Waals surface area contributed by atoms with E-state index in [0.717, 1.165) is 16.9 Å². The van der Waals surface area contributed by atoms with Crippen molar-refractivity contribution in [2.75, 3.05) is 14.2 Å². The number of nitrogens with zero attached hydrogens (tertiary/aromatic N) is 1. The molecule has 0 fully saturated rings. The largest absolute Gasteiger partial charge is 0.496 e. The Hall–Kier alpha value is -2.82. The molecule has 3 rings (SSSR count). The Morgan fingerprint density at radius 2 is 1.92 bits per heavy atom. The van der Waals surface area contributed by atoms with Crippen LogP contribution < -0.4 is 4.74 Å². The summed E-state index contributed by atoms with van der Waals surface area (Å²) in [5.74, 6) is 0.0628. The van der Waals surface area contributed by atoms with Crippen molar-refractivity contribution in [2.24, 2.45) is 0 Å². The zero-order valence-corrected chi connectivity index (χ0v) is 13.7. The fourth-order valence-electron chi connectivity index (χ4n) is 2.88. The molecule has 5 heteroatoms. The second kappa shape index (κ2) is 6.74. The molecule has 1 amide bonds. The summed E-state index contributed by atoms with van der Waals surface area (Å²) in [6.45, 7) is 0.387. The van der Waals surface area contributed by atoms with Crippen molar-refractivity contribution in [1.29, 1.82) is 0 Å². The van der Waals surface area contributed by atoms with E-state index in [4.69, 9.17) is 9.47 Å². The van der Waals surface area contributed by atoms with Gasteiger partial charge in [0.1, 0.15) is 5.75 Å². The molecule has 1 atom stereocenters. The number of esters is 1. The molecule has 24 heavy (non-hydrogen) atoms. The topological polar surface area (TPSA) is 55.8 Å². The zero-order chi connectivity index (χ0) is 17.1. The van der Waals surface area contributed by atoms with Crippen LogP contribution in [-0.4, -0.2) is 37.0 Å². The number of ether oxygens (including phenoxy) is 2. The van der Waals surface area contributed by atoms with Gasteiger partial charge in [-0.15, -0.1) is 0 Å². The highest BCUT2D eigenvalue weighted by Crippen LogP contribution is 2.23. The van der Waals surface area contributed by atoms with Crippen LogP contribution >= 0.6 is 0 Å². The van der Waals surface area contributed by atoms with Crippen molar-refractivity contribution in [3.05, 3.63) is 65.2 Å². The first-order valence-electron chi connectivity index (χ1n) is 7.76. The van der Waals surface area contributed by atoms with Gasteiger partial charge in [-0.3, -0.25) is 4.79 Å². The van der Waals surface area contributed by atoms with Crippen LogP contribution in [0.15, 0.2) is 48.5 Å². The minimum Gasteiger partial charge on any atom is -0.496 e. The summed E-state index contributed by atoms with van der Waals surface area (Å²) in [6.07, 6.45) is -0.385. The van der Waals surface area contributed by atoms with Crippen molar-refractivity contribution in [1.82, 2.24) is 4.90 Å². The van der Waals surface area contributed by atoms with E-state index in [2.05, 4.69) is 0 Å². The van der Waals surface area contributed by atoms with Crippen molar-refractivity contribution >= 4 is 11.9 Å². The first-order chi connectivity index (χ1) is 11.6. The summed E-state index contributed by atoms with van der Waals surface area (Å²) in [5.41, 5.74) is 2.28. The number of amides is 1. The minimum atomic E-state index is -0.785. The number of carbonyl (C=O) groups excluding carboxylic acids is 2. The van der Waals surface area contributed by atoms with E-state index < -0.39 is 12.1 Å². The number of methoxy groups -OCH3 is 1. The third kappa shape index (κ3) is 3.11. The van der Waals surface area contributed by atoms with Gasteiger partial charge in [0.05, 0.1) is 12.7 Å². The summed E-state index contributed by atoms with van der Waals surface area (Å²) < 4.78 is 10.6. The van der Waals surface area contributed by atoms with Crippen LogP contribution in [0.1, 0.15) is 21.5 Å². The smallest absolute Gasteiger partial charge is 0.339 e. The molecule has 0 spiro atoms. The molecule has 0 aliphatic carbocycles. The van der Waals surface area contributed by atoms with Crippen LogP contribution in [0.2, 0.25) is 0 Å². The second-order valence-electron chi connectivity index (χ2n) is 5.76. The lowest BCUT2D eigenvalue weighted by Gasteiger charge is -2.28. The maximum Gasteiger partial charge on any atom is 0.339 e. The fraction of sp³-hybridized carbons (Fsp3) is 0.263. The SMILES string of the molecule is COc1ccccc1CN(C)C(=O)C1Cc2ccccc2C(=O)O1. The molecule has 1 aliphatic heterocycles. The number of cyclic esters (lactones) is 1. The highest BCUT2D eigenvalue weighted by atomic mass is 16.5. The average Bonchev–Trinajstić information content (AvgIpc) is 2.61. The molecule has 0 radical (unpaired) electrons. The highest BCUT2D eigenvalue weighted by Gasteiger charge is 2.32. The lowest BCUT2D eigenvalue weighted by atomic mass is 9.98. The molecule has 0 aromatic heterocycles. The van der Waals surface area contributed by atoms with Crippen LogP contribution in [0.3, 0.4) is 0 Å².